The molecule has 0 unspecified atom stereocenters. The van der Waals surface area contributed by atoms with E-state index in [9.17, 15) is 8.78 Å². The third-order valence-corrected chi connectivity index (χ3v) is 5.40. The predicted molar refractivity (Wildman–Crippen MR) is 83.2 cm³/mol. The molecule has 1 aromatic rings. The van der Waals surface area contributed by atoms with Crippen LogP contribution in [-0.2, 0) is 6.54 Å². The molecule has 1 saturated carbocycles. The first-order valence-electron chi connectivity index (χ1n) is 7.69. The molecule has 2 nitrogen and oxygen atoms in total. The van der Waals surface area contributed by atoms with Gasteiger partial charge in [-0.25, -0.2) is 8.78 Å². The zero-order valence-corrected chi connectivity index (χ0v) is 13.7. The zero-order chi connectivity index (χ0) is 14.9. The molecule has 2 aliphatic rings. The van der Waals surface area contributed by atoms with Crippen molar-refractivity contribution in [3.8, 4) is 0 Å². The third kappa shape index (κ3) is 3.30. The number of hydrogen-bond acceptors (Lipinski definition) is 2. The second-order valence-corrected chi connectivity index (χ2v) is 7.15. The summed E-state index contributed by atoms with van der Waals surface area (Å²) in [7, 11) is 0. The van der Waals surface area contributed by atoms with E-state index in [1.54, 1.807) is 0 Å². The van der Waals surface area contributed by atoms with Crippen LogP contribution in [0.5, 0.6) is 0 Å². The van der Waals surface area contributed by atoms with Gasteiger partial charge in [0.25, 0.3) is 0 Å². The highest BCUT2D eigenvalue weighted by atomic mass is 79.9. The van der Waals surface area contributed by atoms with Crippen molar-refractivity contribution >= 4 is 15.9 Å². The van der Waals surface area contributed by atoms with Gasteiger partial charge >= 0.3 is 0 Å². The number of halogens is 3. The zero-order valence-electron chi connectivity index (χ0n) is 12.1. The van der Waals surface area contributed by atoms with Crippen LogP contribution in [0, 0.1) is 11.6 Å². The second kappa shape index (κ2) is 6.31. The van der Waals surface area contributed by atoms with Crippen molar-refractivity contribution in [2.75, 3.05) is 19.6 Å². The lowest BCUT2D eigenvalue weighted by Crippen LogP contribution is -2.60. The molecule has 5 heteroatoms. The number of nitrogens with zero attached hydrogens (tertiary/aromatic N) is 1. The summed E-state index contributed by atoms with van der Waals surface area (Å²) in [6, 6.07) is 2.76. The van der Waals surface area contributed by atoms with Gasteiger partial charge < -0.3 is 5.32 Å². The highest BCUT2D eigenvalue weighted by Crippen LogP contribution is 2.31. The lowest BCUT2D eigenvalue weighted by molar-refractivity contribution is 0.0928. The van der Waals surface area contributed by atoms with Crippen molar-refractivity contribution in [2.45, 2.75) is 44.2 Å². The Kier molecular flexibility index (Phi) is 4.62. The minimum absolute atomic E-state index is 0.162. The summed E-state index contributed by atoms with van der Waals surface area (Å²) in [6.45, 7) is 2.98. The lowest BCUT2D eigenvalue weighted by Gasteiger charge is -2.46. The van der Waals surface area contributed by atoms with Crippen molar-refractivity contribution in [3.05, 3.63) is 33.8 Å². The Morgan fingerprint density at radius 1 is 1.19 bits per heavy atom. The summed E-state index contributed by atoms with van der Waals surface area (Å²) in [5.74, 6) is -0.918. The van der Waals surface area contributed by atoms with Gasteiger partial charge in [0.15, 0.2) is 0 Å². The average molecular weight is 359 g/mol. The largest absolute Gasteiger partial charge is 0.309 e. The van der Waals surface area contributed by atoms with Crippen LogP contribution in [0.1, 0.15) is 37.7 Å². The van der Waals surface area contributed by atoms with E-state index in [1.165, 1.54) is 44.2 Å². The second-order valence-electron chi connectivity index (χ2n) is 6.30. The molecule has 0 atom stereocenters. The van der Waals surface area contributed by atoms with E-state index in [4.69, 9.17) is 0 Å². The Morgan fingerprint density at radius 3 is 2.71 bits per heavy atom. The van der Waals surface area contributed by atoms with Gasteiger partial charge in [0.2, 0.25) is 0 Å². The first-order chi connectivity index (χ1) is 10.1. The molecule has 0 aromatic heterocycles. The van der Waals surface area contributed by atoms with Crippen LogP contribution in [0.15, 0.2) is 16.6 Å². The van der Waals surface area contributed by atoms with E-state index in [0.29, 0.717) is 11.0 Å². The van der Waals surface area contributed by atoms with Crippen molar-refractivity contribution in [1.82, 2.24) is 10.2 Å². The molecule has 1 aliphatic carbocycles. The van der Waals surface area contributed by atoms with E-state index < -0.39 is 11.6 Å². The molecule has 0 amide bonds. The maximum absolute atomic E-state index is 14.1. The summed E-state index contributed by atoms with van der Waals surface area (Å²) < 4.78 is 28.4. The third-order valence-electron chi connectivity index (χ3n) is 4.79. The van der Waals surface area contributed by atoms with Crippen LogP contribution in [0.2, 0.25) is 0 Å². The van der Waals surface area contributed by atoms with Gasteiger partial charge in [-0.2, -0.15) is 0 Å². The molecule has 0 bridgehead atoms. The molecule has 0 radical (unpaired) electrons. The highest BCUT2D eigenvalue weighted by molar-refractivity contribution is 9.10. The smallest absolute Gasteiger partial charge is 0.144 e. The molecule has 1 saturated heterocycles. The lowest BCUT2D eigenvalue weighted by atomic mass is 9.80. The summed E-state index contributed by atoms with van der Waals surface area (Å²) in [6.07, 6.45) is 6.15. The Bertz CT molecular complexity index is 510. The first-order valence-corrected chi connectivity index (χ1v) is 8.49. The topological polar surface area (TPSA) is 15.3 Å². The van der Waals surface area contributed by atoms with Crippen LogP contribution < -0.4 is 5.32 Å². The minimum Gasteiger partial charge on any atom is -0.309 e. The summed E-state index contributed by atoms with van der Waals surface area (Å²) >= 11 is 3.14. The highest BCUT2D eigenvalue weighted by Gasteiger charge is 2.36. The Hall–Kier alpha value is -0.520. The van der Waals surface area contributed by atoms with Crippen molar-refractivity contribution in [2.24, 2.45) is 0 Å². The fourth-order valence-electron chi connectivity index (χ4n) is 3.68. The maximum atomic E-state index is 14.1. The Labute approximate surface area is 133 Å². The fourth-order valence-corrected chi connectivity index (χ4v) is 4.05. The number of hydrogen-bond donors (Lipinski definition) is 1. The van der Waals surface area contributed by atoms with E-state index in [0.717, 1.165) is 19.6 Å². The standard InChI is InChI=1S/C16H21BrF2N2/c17-13-4-5-14(18)12(15(13)19)10-21-9-8-20-16(11-21)6-2-1-3-7-16/h4-5,20H,1-3,6-11H2. The number of piperazine rings is 1. The summed E-state index contributed by atoms with van der Waals surface area (Å²) in [5.41, 5.74) is 0.340. The Morgan fingerprint density at radius 2 is 1.95 bits per heavy atom. The SMILES string of the molecule is Fc1ccc(Br)c(F)c1CN1CCNC2(CCCCC2)C1. The maximum Gasteiger partial charge on any atom is 0.144 e. The molecule has 1 aromatic carbocycles. The molecule has 21 heavy (non-hydrogen) atoms. The number of rotatable bonds is 2. The summed E-state index contributed by atoms with van der Waals surface area (Å²) in [4.78, 5) is 2.19. The van der Waals surface area contributed by atoms with Crippen LogP contribution in [0.4, 0.5) is 8.78 Å². The molecule has 3 rings (SSSR count). The molecule has 1 aliphatic heterocycles. The van der Waals surface area contributed by atoms with Gasteiger partial charge in [-0.05, 0) is 40.9 Å². The van der Waals surface area contributed by atoms with E-state index >= 15 is 0 Å². The van der Waals surface area contributed by atoms with Crippen molar-refractivity contribution in [3.63, 3.8) is 0 Å². The van der Waals surface area contributed by atoms with Gasteiger partial charge in [0, 0.05) is 37.3 Å². The molecular weight excluding hydrogens is 338 g/mol. The molecule has 1 heterocycles. The first kappa shape index (κ1) is 15.4. The molecule has 1 spiro atoms. The fraction of sp³-hybridized carbons (Fsp3) is 0.625. The van der Waals surface area contributed by atoms with Crippen LogP contribution in [0.3, 0.4) is 0 Å². The van der Waals surface area contributed by atoms with Gasteiger partial charge in [-0.1, -0.05) is 19.3 Å². The Balaban J connectivity index is 1.74. The molecule has 2 fully saturated rings. The number of benzene rings is 1. The molecule has 116 valence electrons. The van der Waals surface area contributed by atoms with E-state index in [1.807, 2.05) is 0 Å². The van der Waals surface area contributed by atoms with E-state index in [-0.39, 0.29) is 11.1 Å². The minimum atomic E-state index is -0.466. The van der Waals surface area contributed by atoms with Gasteiger partial charge in [0.1, 0.15) is 11.6 Å². The normalized spacial score (nSPS) is 22.6. The van der Waals surface area contributed by atoms with Gasteiger partial charge in [-0.3, -0.25) is 4.90 Å². The predicted octanol–water partition coefficient (Wildman–Crippen LogP) is 3.84. The van der Waals surface area contributed by atoms with Crippen LogP contribution in [0.25, 0.3) is 0 Å². The quantitative estimate of drug-likeness (QED) is 0.808. The van der Waals surface area contributed by atoms with Crippen molar-refractivity contribution in [1.29, 1.82) is 0 Å². The van der Waals surface area contributed by atoms with E-state index in [2.05, 4.69) is 26.1 Å². The summed E-state index contributed by atoms with van der Waals surface area (Å²) in [5, 5.41) is 3.65. The van der Waals surface area contributed by atoms with Crippen LogP contribution in [-0.4, -0.2) is 30.1 Å². The molecule has 1 N–H and O–H groups in total. The average Bonchev–Trinajstić information content (AvgIpc) is 2.49. The van der Waals surface area contributed by atoms with Gasteiger partial charge in [-0.15, -0.1) is 0 Å². The molecular formula is C16H21BrF2N2. The van der Waals surface area contributed by atoms with Gasteiger partial charge in [0.05, 0.1) is 4.47 Å². The van der Waals surface area contributed by atoms with Crippen molar-refractivity contribution < 1.29 is 8.78 Å². The number of nitrogens with one attached hydrogen (secondary N) is 1. The monoisotopic (exact) mass is 358 g/mol. The van der Waals surface area contributed by atoms with Crippen LogP contribution >= 0.6 is 15.9 Å².